The number of carbonyl (C=O) groups excluding carboxylic acids is 1. The van der Waals surface area contributed by atoms with E-state index in [-0.39, 0.29) is 16.9 Å². The summed E-state index contributed by atoms with van der Waals surface area (Å²) in [7, 11) is 0. The summed E-state index contributed by atoms with van der Waals surface area (Å²) in [4.78, 5) is 25.9. The average Bonchev–Trinajstić information content (AvgIpc) is 2.92. The summed E-state index contributed by atoms with van der Waals surface area (Å²) in [5, 5.41) is 13.1. The smallest absolute Gasteiger partial charge is 0.339 e. The molecule has 3 N–H and O–H groups in total. The van der Waals surface area contributed by atoms with Crippen LogP contribution in [0.4, 0.5) is 5.00 Å². The molecule has 0 saturated carbocycles. The Morgan fingerprint density at radius 3 is 2.74 bits per heavy atom. The van der Waals surface area contributed by atoms with Crippen LogP contribution in [-0.2, 0) is 19.4 Å². The molecule has 0 aliphatic heterocycles. The normalized spacial score (nSPS) is 15.3. The highest BCUT2D eigenvalue weighted by molar-refractivity contribution is 7.78. The molecule has 0 atom stereocenters. The molecule has 5 nitrogen and oxygen atoms in total. The van der Waals surface area contributed by atoms with Gasteiger partial charge in [-0.2, -0.15) is 0 Å². The van der Waals surface area contributed by atoms with Crippen LogP contribution in [-0.4, -0.2) is 17.0 Å². The van der Waals surface area contributed by atoms with Crippen molar-refractivity contribution in [3.63, 3.8) is 0 Å². The Morgan fingerprint density at radius 2 is 2.07 bits per heavy atom. The van der Waals surface area contributed by atoms with Crippen molar-refractivity contribution in [3.8, 4) is 0 Å². The second-order valence-electron chi connectivity index (χ2n) is 7.80. The summed E-state index contributed by atoms with van der Waals surface area (Å²) in [6, 6.07) is 5.63. The first-order valence-electron chi connectivity index (χ1n) is 8.87. The Kier molecular flexibility index (Phi) is 5.65. The lowest BCUT2D eigenvalue weighted by molar-refractivity contribution is 0.0696. The van der Waals surface area contributed by atoms with Crippen LogP contribution in [0.25, 0.3) is 0 Å². The third-order valence-corrected chi connectivity index (χ3v) is 6.36. The van der Waals surface area contributed by atoms with Crippen molar-refractivity contribution in [3.05, 3.63) is 50.9 Å². The van der Waals surface area contributed by atoms with Crippen LogP contribution in [0.5, 0.6) is 0 Å². The molecule has 0 spiro atoms. The van der Waals surface area contributed by atoms with Gasteiger partial charge in [-0.25, -0.2) is 4.79 Å². The number of thiol groups is 1. The van der Waals surface area contributed by atoms with Gasteiger partial charge in [-0.1, -0.05) is 44.4 Å². The number of aromatic carboxylic acids is 1. The molecule has 3 rings (SSSR count). The molecule has 0 saturated heterocycles. The standard InChI is InChI=1S/C20H24N2O3S2/c1-11-4-5-12(10-21-26)13(8-11)17(23)22-18-16(19(24)25)14-9-20(2,3)7-6-15(14)27-18/h4-5,8,21,26H,6-7,9-10H2,1-3H3,(H,22,23)(H,24,25). The van der Waals surface area contributed by atoms with Gasteiger partial charge in [-0.3, -0.25) is 9.52 Å². The largest absolute Gasteiger partial charge is 0.478 e. The number of amides is 1. The maximum atomic E-state index is 12.9. The van der Waals surface area contributed by atoms with Crippen molar-refractivity contribution in [2.75, 3.05) is 5.32 Å². The number of carbonyl (C=O) groups is 2. The number of thiophene rings is 1. The molecular weight excluding hydrogens is 380 g/mol. The van der Waals surface area contributed by atoms with E-state index in [0.717, 1.165) is 40.8 Å². The summed E-state index contributed by atoms with van der Waals surface area (Å²) in [6.07, 6.45) is 2.58. The molecule has 1 aromatic carbocycles. The number of hydrogen-bond donors (Lipinski definition) is 4. The third kappa shape index (κ3) is 4.20. The van der Waals surface area contributed by atoms with Gasteiger partial charge >= 0.3 is 5.97 Å². The van der Waals surface area contributed by atoms with Crippen LogP contribution < -0.4 is 10.0 Å². The predicted molar refractivity (Wildman–Crippen MR) is 112 cm³/mol. The zero-order valence-corrected chi connectivity index (χ0v) is 17.4. The first-order chi connectivity index (χ1) is 12.7. The maximum Gasteiger partial charge on any atom is 0.339 e. The minimum absolute atomic E-state index is 0.0709. The van der Waals surface area contributed by atoms with Crippen LogP contribution in [0, 0.1) is 12.3 Å². The number of aryl methyl sites for hydroxylation is 2. The van der Waals surface area contributed by atoms with Crippen molar-refractivity contribution in [2.24, 2.45) is 5.41 Å². The minimum Gasteiger partial charge on any atom is -0.478 e. The molecule has 1 aromatic heterocycles. The van der Waals surface area contributed by atoms with Crippen LogP contribution >= 0.6 is 24.2 Å². The van der Waals surface area contributed by atoms with Crippen molar-refractivity contribution >= 4 is 41.0 Å². The zero-order valence-electron chi connectivity index (χ0n) is 15.7. The number of hydrogen-bond acceptors (Lipinski definition) is 5. The van der Waals surface area contributed by atoms with Gasteiger partial charge in [0.25, 0.3) is 5.91 Å². The maximum absolute atomic E-state index is 12.9. The minimum atomic E-state index is -0.984. The highest BCUT2D eigenvalue weighted by Crippen LogP contribution is 2.43. The van der Waals surface area contributed by atoms with Gasteiger partial charge in [-0.05, 0) is 48.8 Å². The molecule has 144 valence electrons. The Hall–Kier alpha value is -1.83. The Labute approximate surface area is 168 Å². The van der Waals surface area contributed by atoms with Crippen LogP contribution in [0.3, 0.4) is 0 Å². The van der Waals surface area contributed by atoms with Crippen LogP contribution in [0.15, 0.2) is 18.2 Å². The number of carboxylic acids is 1. The molecule has 0 fully saturated rings. The SMILES string of the molecule is Cc1ccc(CNS)c(C(=O)Nc2sc3c(c2C(=O)O)CC(C)(C)CC3)c1. The van der Waals surface area contributed by atoms with Gasteiger partial charge in [0.2, 0.25) is 0 Å². The van der Waals surface area contributed by atoms with Gasteiger partial charge in [0.05, 0.1) is 5.56 Å². The summed E-state index contributed by atoms with van der Waals surface area (Å²) in [5.41, 5.74) is 3.50. The summed E-state index contributed by atoms with van der Waals surface area (Å²) >= 11 is 5.42. The van der Waals surface area contributed by atoms with Crippen LogP contribution in [0.1, 0.15) is 62.6 Å². The van der Waals surface area contributed by atoms with Gasteiger partial charge in [0.1, 0.15) is 5.00 Å². The second-order valence-corrected chi connectivity index (χ2v) is 9.23. The fraction of sp³-hybridized carbons (Fsp3) is 0.400. The quantitative estimate of drug-likeness (QED) is 0.555. The van der Waals surface area contributed by atoms with Gasteiger partial charge < -0.3 is 10.4 Å². The van der Waals surface area contributed by atoms with E-state index in [1.165, 1.54) is 11.3 Å². The molecule has 2 aromatic rings. The van der Waals surface area contributed by atoms with E-state index >= 15 is 0 Å². The molecular formula is C20H24N2O3S2. The van der Waals surface area contributed by atoms with E-state index < -0.39 is 5.97 Å². The van der Waals surface area contributed by atoms with Crippen LogP contribution in [0.2, 0.25) is 0 Å². The van der Waals surface area contributed by atoms with E-state index in [9.17, 15) is 14.7 Å². The first kappa shape index (κ1) is 19.9. The summed E-state index contributed by atoms with van der Waals surface area (Å²) < 4.78 is 2.76. The molecule has 0 radical (unpaired) electrons. The molecule has 1 aliphatic rings. The second kappa shape index (κ2) is 7.66. The number of anilines is 1. The monoisotopic (exact) mass is 404 g/mol. The van der Waals surface area contributed by atoms with Gasteiger partial charge in [0.15, 0.2) is 0 Å². The van der Waals surface area contributed by atoms with E-state index in [1.807, 2.05) is 25.1 Å². The van der Waals surface area contributed by atoms with E-state index in [2.05, 4.69) is 36.7 Å². The fourth-order valence-electron chi connectivity index (χ4n) is 3.55. The summed E-state index contributed by atoms with van der Waals surface area (Å²) in [5.74, 6) is -1.28. The first-order valence-corrected chi connectivity index (χ1v) is 10.1. The Morgan fingerprint density at radius 1 is 1.33 bits per heavy atom. The molecule has 0 unspecified atom stereocenters. The lowest BCUT2D eigenvalue weighted by Gasteiger charge is -2.29. The van der Waals surface area contributed by atoms with Gasteiger partial charge in [0, 0.05) is 17.0 Å². The molecule has 7 heteroatoms. The molecule has 1 amide bonds. The highest BCUT2D eigenvalue weighted by Gasteiger charge is 2.33. The molecule has 1 heterocycles. The topological polar surface area (TPSA) is 78.4 Å². The predicted octanol–water partition coefficient (Wildman–Crippen LogP) is 4.46. The average molecular weight is 405 g/mol. The molecule has 1 aliphatic carbocycles. The van der Waals surface area contributed by atoms with E-state index in [0.29, 0.717) is 17.1 Å². The Bertz CT molecular complexity index is 903. The fourth-order valence-corrected chi connectivity index (χ4v) is 4.92. The number of carboxylic acid groups (broad SMARTS) is 1. The number of benzene rings is 1. The molecule has 0 bridgehead atoms. The van der Waals surface area contributed by atoms with Gasteiger partial charge in [-0.15, -0.1) is 11.3 Å². The van der Waals surface area contributed by atoms with E-state index in [1.54, 1.807) is 0 Å². The number of fused-ring (bicyclic) bond motifs is 1. The lowest BCUT2D eigenvalue weighted by Crippen LogP contribution is -2.22. The highest BCUT2D eigenvalue weighted by atomic mass is 32.1. The summed E-state index contributed by atoms with van der Waals surface area (Å²) in [6.45, 7) is 6.66. The van der Waals surface area contributed by atoms with Crippen molar-refractivity contribution in [2.45, 2.75) is 46.6 Å². The lowest BCUT2D eigenvalue weighted by atomic mass is 9.76. The number of rotatable bonds is 5. The van der Waals surface area contributed by atoms with Crippen molar-refractivity contribution in [1.29, 1.82) is 0 Å². The van der Waals surface area contributed by atoms with Crippen molar-refractivity contribution < 1.29 is 14.7 Å². The Balaban J connectivity index is 1.97. The van der Waals surface area contributed by atoms with E-state index in [4.69, 9.17) is 0 Å². The third-order valence-electron chi connectivity index (χ3n) is 5.00. The van der Waals surface area contributed by atoms with Crippen molar-refractivity contribution in [1.82, 2.24) is 4.72 Å². The zero-order chi connectivity index (χ0) is 19.8. The molecule has 27 heavy (non-hydrogen) atoms. The number of nitrogens with one attached hydrogen (secondary N) is 2.